The number of amides is 2. The molecule has 5 heterocycles. The van der Waals surface area contributed by atoms with Crippen LogP contribution >= 0.6 is 10.3 Å². The lowest BCUT2D eigenvalue weighted by atomic mass is 10.1. The first-order valence-electron chi connectivity index (χ1n) is 18.6. The Morgan fingerprint density at radius 2 is 1.82 bits per heavy atom. The van der Waals surface area contributed by atoms with E-state index in [1.807, 2.05) is 0 Å². The number of anilines is 5. The molecular weight excluding hydrogens is 827 g/mol. The van der Waals surface area contributed by atoms with E-state index < -0.39 is 88.8 Å². The highest BCUT2D eigenvalue weighted by atomic mass is 32.3. The standard InChI is InChI=1S/C35H45N13O12S/c1-61(9-8-19(36)33(55)56,12-21-25(51)26(52)32(59-21)47-14-43-23-27(37)41-13-42-29(23)47)60-22(50)7-6-20(34(57)58)44-30(53)16-2-4-17(5-3-16)39-10-18-11-40-28-24(48(18)15-49)31(54)46-35(38)45-28/h2-5,13-15,18-21,25-26,32,39,51-52H,6-12,36H2,1H3,(H,44,53)(H,55,56)(H,57,58)(H2,37,41,42)(H4,38,40,45,46,54)/t18?,19-,20+,21-,25-,26-,32-/m1/s1. The van der Waals surface area contributed by atoms with Crippen molar-refractivity contribution in [3.05, 3.63) is 52.8 Å². The number of H-pyrrole nitrogens is 1. The zero-order chi connectivity index (χ0) is 44.2. The summed E-state index contributed by atoms with van der Waals surface area (Å²) in [6.07, 6.45) is -1.75. The number of aromatic nitrogens is 6. The van der Waals surface area contributed by atoms with Crippen molar-refractivity contribution < 1.29 is 53.3 Å². The average Bonchev–Trinajstić information content (AvgIpc) is 3.77. The number of carbonyl (C=O) groups is 5. The number of nitrogens with one attached hydrogen (secondary N) is 4. The molecule has 25 nitrogen and oxygen atoms in total. The molecule has 61 heavy (non-hydrogen) atoms. The number of nitrogens with zero attached hydrogens (tertiary/aromatic N) is 6. The lowest BCUT2D eigenvalue weighted by molar-refractivity contribution is -0.140. The Labute approximate surface area is 346 Å². The van der Waals surface area contributed by atoms with E-state index in [2.05, 4.69) is 40.9 Å². The number of hydrogen-bond acceptors (Lipinski definition) is 19. The van der Waals surface area contributed by atoms with E-state index in [1.165, 1.54) is 34.3 Å². The molecule has 0 radical (unpaired) electrons. The number of benzene rings is 1. The van der Waals surface area contributed by atoms with E-state index >= 15 is 0 Å². The van der Waals surface area contributed by atoms with E-state index in [0.717, 1.165) is 0 Å². The molecule has 2 aliphatic heterocycles. The Hall–Kier alpha value is -6.61. The van der Waals surface area contributed by atoms with Gasteiger partial charge in [0, 0.05) is 42.3 Å². The molecule has 2 unspecified atom stereocenters. The summed E-state index contributed by atoms with van der Waals surface area (Å²) >= 11 is 0. The van der Waals surface area contributed by atoms with Crippen molar-refractivity contribution in [2.45, 2.75) is 61.9 Å². The predicted molar refractivity (Wildman–Crippen MR) is 218 cm³/mol. The van der Waals surface area contributed by atoms with Gasteiger partial charge in [-0.15, -0.1) is 0 Å². The Kier molecular flexibility index (Phi) is 13.2. The highest BCUT2D eigenvalue weighted by Crippen LogP contribution is 2.50. The second-order valence-electron chi connectivity index (χ2n) is 14.4. The summed E-state index contributed by atoms with van der Waals surface area (Å²) < 4.78 is 13.3. The van der Waals surface area contributed by atoms with Crippen molar-refractivity contribution in [1.82, 2.24) is 34.8 Å². The summed E-state index contributed by atoms with van der Waals surface area (Å²) in [5, 5.41) is 49.8. The number of aliphatic carboxylic acids is 2. The summed E-state index contributed by atoms with van der Waals surface area (Å²) in [6.45, 7) is 0.440. The minimum Gasteiger partial charge on any atom is -0.480 e. The first-order chi connectivity index (χ1) is 29.0. The molecule has 328 valence electrons. The number of aromatic amines is 1. The molecular formula is C35H45N13O12S. The monoisotopic (exact) mass is 871 g/mol. The van der Waals surface area contributed by atoms with Gasteiger partial charge in [-0.1, -0.05) is 10.3 Å². The van der Waals surface area contributed by atoms with E-state index in [4.69, 9.17) is 26.1 Å². The maximum absolute atomic E-state index is 13.3. The highest BCUT2D eigenvalue weighted by molar-refractivity contribution is 8.29. The van der Waals surface area contributed by atoms with Crippen LogP contribution < -0.4 is 43.6 Å². The maximum atomic E-state index is 13.3. The van der Waals surface area contributed by atoms with Gasteiger partial charge in [0.1, 0.15) is 36.1 Å². The van der Waals surface area contributed by atoms with Crippen LogP contribution in [0.15, 0.2) is 41.7 Å². The lowest BCUT2D eigenvalue weighted by Crippen LogP contribution is -2.50. The number of imidazole rings is 1. The molecule has 0 bridgehead atoms. The molecule has 2 aliphatic rings. The fourth-order valence-corrected chi connectivity index (χ4v) is 9.39. The van der Waals surface area contributed by atoms with Gasteiger partial charge in [-0.3, -0.25) is 33.5 Å². The van der Waals surface area contributed by atoms with E-state index in [0.29, 0.717) is 12.1 Å². The van der Waals surface area contributed by atoms with Crippen LogP contribution in [0.25, 0.3) is 11.2 Å². The Morgan fingerprint density at radius 3 is 2.51 bits per heavy atom. The van der Waals surface area contributed by atoms with Crippen molar-refractivity contribution in [2.75, 3.05) is 57.9 Å². The number of aliphatic hydroxyl groups excluding tert-OH is 2. The third kappa shape index (κ3) is 9.89. The van der Waals surface area contributed by atoms with Crippen molar-refractivity contribution in [2.24, 2.45) is 5.73 Å². The first kappa shape index (κ1) is 44.0. The van der Waals surface area contributed by atoms with Gasteiger partial charge in [-0.2, -0.15) is 4.98 Å². The van der Waals surface area contributed by atoms with Crippen molar-refractivity contribution >= 4 is 80.7 Å². The number of carboxylic acid groups (broad SMARTS) is 2. The smallest absolute Gasteiger partial charge is 0.326 e. The van der Waals surface area contributed by atoms with Crippen LogP contribution in [0.1, 0.15) is 35.8 Å². The second-order valence-corrected chi connectivity index (χ2v) is 17.7. The van der Waals surface area contributed by atoms with E-state index in [-0.39, 0.29) is 77.4 Å². The molecule has 1 aromatic carbocycles. The Bertz CT molecular complexity index is 2350. The zero-order valence-electron chi connectivity index (χ0n) is 32.4. The van der Waals surface area contributed by atoms with Crippen LogP contribution in [0, 0.1) is 0 Å². The topological polar surface area (TPSA) is 391 Å². The molecule has 0 spiro atoms. The minimum absolute atomic E-state index is 0.0167. The number of carboxylic acids is 2. The normalized spacial score (nSPS) is 22.2. The number of rotatable bonds is 18. The summed E-state index contributed by atoms with van der Waals surface area (Å²) in [5.74, 6) is -4.41. The molecule has 26 heteroatoms. The molecule has 1 saturated heterocycles. The number of aliphatic hydroxyl groups is 2. The van der Waals surface area contributed by atoms with Crippen LogP contribution in [-0.2, 0) is 28.1 Å². The molecule has 3 aromatic heterocycles. The maximum Gasteiger partial charge on any atom is 0.326 e. The second kappa shape index (κ2) is 18.3. The number of nitrogens with two attached hydrogens (primary N) is 3. The van der Waals surface area contributed by atoms with Gasteiger partial charge >= 0.3 is 17.9 Å². The minimum atomic E-state index is -2.67. The number of carbonyl (C=O) groups excluding carboxylic acids is 3. The van der Waals surface area contributed by atoms with E-state index in [9.17, 15) is 49.2 Å². The SMILES string of the molecule is CS(CC[C@@H](N)C(=O)O)(C[C@H]1O[C@@H](n2cnc3c(N)ncnc32)[C@H](O)[C@@H]1O)OC(=O)CC[C@H](NC(=O)c1ccc(NCC2CNc3nc(N)[nH]c(=O)c3N2C=O)cc1)C(=O)O. The molecule has 0 saturated carbocycles. The van der Waals surface area contributed by atoms with Crippen molar-refractivity contribution in [3.8, 4) is 0 Å². The van der Waals surface area contributed by atoms with Crippen molar-refractivity contribution in [3.63, 3.8) is 0 Å². The third-order valence-corrected chi connectivity index (χ3v) is 12.8. The van der Waals surface area contributed by atoms with Gasteiger partial charge in [0.15, 0.2) is 29.2 Å². The van der Waals surface area contributed by atoms with Crippen LogP contribution in [0.5, 0.6) is 0 Å². The number of ether oxygens (including phenoxy) is 1. The molecule has 2 amide bonds. The summed E-state index contributed by atoms with van der Waals surface area (Å²) in [6, 6.07) is 2.64. The van der Waals surface area contributed by atoms with Gasteiger partial charge in [0.25, 0.3) is 11.5 Å². The van der Waals surface area contributed by atoms with Crippen molar-refractivity contribution in [1.29, 1.82) is 0 Å². The van der Waals surface area contributed by atoms with Crippen LogP contribution in [0.2, 0.25) is 0 Å². The Balaban J connectivity index is 1.05. The molecule has 6 rings (SSSR count). The van der Waals surface area contributed by atoms with E-state index in [1.54, 1.807) is 18.4 Å². The fourth-order valence-electron chi connectivity index (χ4n) is 6.81. The highest BCUT2D eigenvalue weighted by Gasteiger charge is 2.47. The zero-order valence-corrected chi connectivity index (χ0v) is 33.2. The first-order valence-corrected chi connectivity index (χ1v) is 20.9. The van der Waals surface area contributed by atoms with Gasteiger partial charge in [0.05, 0.1) is 18.5 Å². The number of fused-ring (bicyclic) bond motifs is 2. The summed E-state index contributed by atoms with van der Waals surface area (Å²) in [5.41, 5.74) is 17.8. The molecule has 4 aromatic rings. The molecule has 0 aliphatic carbocycles. The number of hydrogen-bond donors (Lipinski definition) is 11. The van der Waals surface area contributed by atoms with Gasteiger partial charge in [-0.25, -0.2) is 19.7 Å². The Morgan fingerprint density at radius 1 is 1.08 bits per heavy atom. The van der Waals surface area contributed by atoms with Gasteiger partial charge in [-0.05, 0) is 43.4 Å². The summed E-state index contributed by atoms with van der Waals surface area (Å²) in [4.78, 5) is 94.3. The van der Waals surface area contributed by atoms with Gasteiger partial charge in [0.2, 0.25) is 12.4 Å². The largest absolute Gasteiger partial charge is 0.480 e. The fraction of sp³-hybridized carbons (Fsp3) is 0.429. The number of nitrogen functional groups attached to an aromatic ring is 2. The van der Waals surface area contributed by atoms with Crippen LogP contribution in [-0.4, -0.2) is 147 Å². The third-order valence-electron chi connectivity index (χ3n) is 10.1. The summed E-state index contributed by atoms with van der Waals surface area (Å²) in [7, 11) is -2.67. The molecule has 14 N–H and O–H groups in total. The lowest BCUT2D eigenvalue weighted by Gasteiger charge is -2.38. The van der Waals surface area contributed by atoms with Gasteiger partial charge < -0.3 is 67.4 Å². The van der Waals surface area contributed by atoms with Crippen LogP contribution in [0.4, 0.5) is 29.0 Å². The molecule has 1 fully saturated rings. The predicted octanol–water partition coefficient (Wildman–Crippen LogP) is -2.08. The average molecular weight is 872 g/mol. The quantitative estimate of drug-likeness (QED) is 0.0478. The van der Waals surface area contributed by atoms with Crippen LogP contribution in [0.3, 0.4) is 0 Å². The molecule has 8 atom stereocenters.